The summed E-state index contributed by atoms with van der Waals surface area (Å²) in [6, 6.07) is 5.10. The van der Waals surface area contributed by atoms with Gasteiger partial charge in [0.2, 0.25) is 10.0 Å². The molecule has 0 aliphatic heterocycles. The van der Waals surface area contributed by atoms with Gasteiger partial charge in [0.15, 0.2) is 0 Å². The molecule has 114 valence electrons. The lowest BCUT2D eigenvalue weighted by Gasteiger charge is -2.22. The van der Waals surface area contributed by atoms with Crippen LogP contribution >= 0.6 is 0 Å². The average molecular weight is 312 g/mol. The highest BCUT2D eigenvalue weighted by Gasteiger charge is 2.36. The van der Waals surface area contributed by atoms with Crippen LogP contribution in [0.25, 0.3) is 0 Å². The summed E-state index contributed by atoms with van der Waals surface area (Å²) in [4.78, 5) is -0.240. The third-order valence-electron chi connectivity index (χ3n) is 2.43. The third kappa shape index (κ3) is 4.36. The Hall–Kier alpha value is -1.32. The van der Waals surface area contributed by atoms with Gasteiger partial charge in [-0.15, -0.1) is 0 Å². The highest BCUT2D eigenvalue weighted by atomic mass is 32.2. The predicted molar refractivity (Wildman–Crippen MR) is 66.9 cm³/mol. The summed E-state index contributed by atoms with van der Waals surface area (Å²) < 4.78 is 66.7. The molecule has 20 heavy (non-hydrogen) atoms. The average Bonchev–Trinajstić information content (AvgIpc) is 2.37. The molecular formula is C11H15F3N2O3S. The molecule has 0 unspecified atom stereocenters. The molecule has 5 nitrogen and oxygen atoms in total. The van der Waals surface area contributed by atoms with Gasteiger partial charge in [0, 0.05) is 13.1 Å². The van der Waals surface area contributed by atoms with Crippen molar-refractivity contribution in [3.05, 3.63) is 24.3 Å². The van der Waals surface area contributed by atoms with Crippen molar-refractivity contribution < 1.29 is 26.3 Å². The van der Waals surface area contributed by atoms with Crippen molar-refractivity contribution in [2.75, 3.05) is 26.7 Å². The highest BCUT2D eigenvalue weighted by molar-refractivity contribution is 7.89. The minimum Gasteiger partial charge on any atom is -0.497 e. The molecular weight excluding hydrogens is 297 g/mol. The predicted octanol–water partition coefficient (Wildman–Crippen LogP) is 1.21. The van der Waals surface area contributed by atoms with Crippen molar-refractivity contribution >= 4 is 10.0 Å². The standard InChI is InChI=1S/C11H15F3N2O3S/c1-19-9-2-4-10(5-3-9)20(17,18)16(7-6-15)8-11(12,13)14/h2-5H,6-8,15H2,1H3. The molecule has 0 atom stereocenters. The van der Waals surface area contributed by atoms with Crippen LogP contribution in [0.2, 0.25) is 0 Å². The van der Waals surface area contributed by atoms with Gasteiger partial charge >= 0.3 is 6.18 Å². The Kier molecular flexibility index (Phi) is 5.37. The maximum absolute atomic E-state index is 12.4. The molecule has 2 N–H and O–H groups in total. The van der Waals surface area contributed by atoms with Crippen LogP contribution in [0.15, 0.2) is 29.2 Å². The molecule has 0 aliphatic carbocycles. The fourth-order valence-corrected chi connectivity index (χ4v) is 2.97. The Bertz CT molecular complexity index is 529. The van der Waals surface area contributed by atoms with Crippen LogP contribution in [-0.4, -0.2) is 45.6 Å². The summed E-state index contributed by atoms with van der Waals surface area (Å²) in [5.41, 5.74) is 5.18. The zero-order chi connectivity index (χ0) is 15.4. The van der Waals surface area contributed by atoms with Gasteiger partial charge in [-0.1, -0.05) is 0 Å². The summed E-state index contributed by atoms with van der Waals surface area (Å²) in [5, 5.41) is 0. The number of alkyl halides is 3. The van der Waals surface area contributed by atoms with Crippen molar-refractivity contribution in [1.82, 2.24) is 4.31 Å². The topological polar surface area (TPSA) is 72.6 Å². The van der Waals surface area contributed by atoms with Crippen molar-refractivity contribution in [2.45, 2.75) is 11.1 Å². The number of nitrogens with zero attached hydrogens (tertiary/aromatic N) is 1. The maximum atomic E-state index is 12.4. The van der Waals surface area contributed by atoms with E-state index in [1.54, 1.807) is 0 Å². The molecule has 0 amide bonds. The first kappa shape index (κ1) is 16.7. The second-order valence-electron chi connectivity index (χ2n) is 3.92. The van der Waals surface area contributed by atoms with Crippen LogP contribution in [-0.2, 0) is 10.0 Å². The second kappa shape index (κ2) is 6.42. The fraction of sp³-hybridized carbons (Fsp3) is 0.455. The lowest BCUT2D eigenvalue weighted by atomic mass is 10.3. The molecule has 0 saturated heterocycles. The number of sulfonamides is 1. The number of hydrogen-bond acceptors (Lipinski definition) is 4. The Labute approximate surface area is 115 Å². The minimum atomic E-state index is -4.63. The fourth-order valence-electron chi connectivity index (χ4n) is 1.52. The molecule has 0 heterocycles. The summed E-state index contributed by atoms with van der Waals surface area (Å²) in [5.74, 6) is 0.408. The van der Waals surface area contributed by atoms with Gasteiger partial charge in [-0.3, -0.25) is 0 Å². The minimum absolute atomic E-state index is 0.203. The van der Waals surface area contributed by atoms with E-state index in [0.29, 0.717) is 10.1 Å². The number of hydrogen-bond donors (Lipinski definition) is 1. The van der Waals surface area contributed by atoms with Crippen LogP contribution in [0.1, 0.15) is 0 Å². The van der Waals surface area contributed by atoms with E-state index in [0.717, 1.165) is 0 Å². The Balaban J connectivity index is 3.08. The SMILES string of the molecule is COc1ccc(S(=O)(=O)N(CCN)CC(F)(F)F)cc1. The van der Waals surface area contributed by atoms with Gasteiger partial charge in [-0.2, -0.15) is 17.5 Å². The van der Waals surface area contributed by atoms with E-state index in [4.69, 9.17) is 10.5 Å². The molecule has 0 spiro atoms. The van der Waals surface area contributed by atoms with Gasteiger partial charge in [0.05, 0.1) is 12.0 Å². The smallest absolute Gasteiger partial charge is 0.402 e. The molecule has 1 rings (SSSR count). The summed E-state index contributed by atoms with van der Waals surface area (Å²) >= 11 is 0. The first-order valence-electron chi connectivity index (χ1n) is 5.61. The van der Waals surface area contributed by atoms with Crippen LogP contribution < -0.4 is 10.5 Å². The molecule has 1 aromatic carbocycles. The third-order valence-corrected chi connectivity index (χ3v) is 4.29. The molecule has 0 aliphatic rings. The quantitative estimate of drug-likeness (QED) is 0.857. The second-order valence-corrected chi connectivity index (χ2v) is 5.86. The Morgan fingerprint density at radius 3 is 2.20 bits per heavy atom. The maximum Gasteiger partial charge on any atom is 0.402 e. The number of methoxy groups -OCH3 is 1. The van der Waals surface area contributed by atoms with E-state index >= 15 is 0 Å². The van der Waals surface area contributed by atoms with E-state index in [1.165, 1.54) is 31.4 Å². The number of nitrogens with two attached hydrogens (primary N) is 1. The number of halogens is 3. The molecule has 0 saturated carbocycles. The van der Waals surface area contributed by atoms with E-state index < -0.39 is 29.3 Å². The van der Waals surface area contributed by atoms with Crippen LogP contribution in [0.3, 0.4) is 0 Å². The van der Waals surface area contributed by atoms with Gasteiger partial charge < -0.3 is 10.5 Å². The van der Waals surface area contributed by atoms with Crippen molar-refractivity contribution in [2.24, 2.45) is 5.73 Å². The molecule has 0 fully saturated rings. The zero-order valence-corrected chi connectivity index (χ0v) is 11.5. The molecule has 1 aromatic rings. The zero-order valence-electron chi connectivity index (χ0n) is 10.7. The number of ether oxygens (including phenoxy) is 1. The highest BCUT2D eigenvalue weighted by Crippen LogP contribution is 2.23. The molecule has 0 radical (unpaired) electrons. The monoisotopic (exact) mass is 312 g/mol. The first-order chi connectivity index (χ1) is 9.20. The van der Waals surface area contributed by atoms with E-state index in [1.807, 2.05) is 0 Å². The Morgan fingerprint density at radius 2 is 1.80 bits per heavy atom. The van der Waals surface area contributed by atoms with Crippen LogP contribution in [0.4, 0.5) is 13.2 Å². The van der Waals surface area contributed by atoms with Gasteiger partial charge in [0.1, 0.15) is 12.3 Å². The van der Waals surface area contributed by atoms with Crippen LogP contribution in [0.5, 0.6) is 5.75 Å². The van der Waals surface area contributed by atoms with Crippen molar-refractivity contribution in [1.29, 1.82) is 0 Å². The van der Waals surface area contributed by atoms with E-state index in [2.05, 4.69) is 0 Å². The lowest BCUT2D eigenvalue weighted by Crippen LogP contribution is -2.41. The number of rotatable bonds is 6. The van der Waals surface area contributed by atoms with Crippen molar-refractivity contribution in [3.8, 4) is 5.75 Å². The van der Waals surface area contributed by atoms with E-state index in [-0.39, 0.29) is 11.4 Å². The summed E-state index contributed by atoms with van der Waals surface area (Å²) in [6.07, 6.45) is -4.63. The lowest BCUT2D eigenvalue weighted by molar-refractivity contribution is -0.136. The largest absolute Gasteiger partial charge is 0.497 e. The van der Waals surface area contributed by atoms with E-state index in [9.17, 15) is 21.6 Å². The Morgan fingerprint density at radius 1 is 1.25 bits per heavy atom. The molecule has 9 heteroatoms. The summed E-state index contributed by atoms with van der Waals surface area (Å²) in [6.45, 7) is -2.18. The normalized spacial score (nSPS) is 12.7. The summed E-state index contributed by atoms with van der Waals surface area (Å²) in [7, 11) is -2.85. The van der Waals surface area contributed by atoms with Gasteiger partial charge in [-0.25, -0.2) is 8.42 Å². The number of benzene rings is 1. The van der Waals surface area contributed by atoms with Gasteiger partial charge in [0.25, 0.3) is 0 Å². The van der Waals surface area contributed by atoms with Crippen LogP contribution in [0, 0.1) is 0 Å². The molecule has 0 aromatic heterocycles. The first-order valence-corrected chi connectivity index (χ1v) is 7.06. The van der Waals surface area contributed by atoms with Gasteiger partial charge in [-0.05, 0) is 24.3 Å². The molecule has 0 bridgehead atoms. The van der Waals surface area contributed by atoms with Crippen molar-refractivity contribution in [3.63, 3.8) is 0 Å².